The topological polar surface area (TPSA) is 82.6 Å². The maximum absolute atomic E-state index is 12.5. The number of ether oxygens (including phenoxy) is 1. The maximum atomic E-state index is 12.5. The average Bonchev–Trinajstić information content (AvgIpc) is 2.53. The van der Waals surface area contributed by atoms with Gasteiger partial charge in [-0.15, -0.1) is 0 Å². The maximum Gasteiger partial charge on any atom is 0.256 e. The van der Waals surface area contributed by atoms with E-state index in [2.05, 4.69) is 11.0 Å². The van der Waals surface area contributed by atoms with Crippen LogP contribution in [-0.2, 0) is 0 Å². The van der Waals surface area contributed by atoms with Crippen molar-refractivity contribution in [3.8, 4) is 11.8 Å². The normalized spacial score (nSPS) is 15.5. The number of carbonyl (C=O) groups is 1. The molecule has 0 radical (unpaired) electrons. The van der Waals surface area contributed by atoms with Crippen LogP contribution >= 0.6 is 0 Å². The minimum absolute atomic E-state index is 0.0636. The van der Waals surface area contributed by atoms with Gasteiger partial charge in [-0.3, -0.25) is 9.69 Å². The molecule has 1 amide bonds. The van der Waals surface area contributed by atoms with Crippen LogP contribution in [0.3, 0.4) is 0 Å². The van der Waals surface area contributed by atoms with Gasteiger partial charge in [0.2, 0.25) is 0 Å². The van der Waals surface area contributed by atoms with Gasteiger partial charge in [0.25, 0.3) is 5.91 Å². The first-order chi connectivity index (χ1) is 10.2. The summed E-state index contributed by atoms with van der Waals surface area (Å²) in [6.45, 7) is 3.65. The Morgan fingerprint density at radius 3 is 2.71 bits per heavy atom. The Labute approximate surface area is 124 Å². The van der Waals surface area contributed by atoms with Crippen molar-refractivity contribution in [3.05, 3.63) is 23.8 Å². The highest BCUT2D eigenvalue weighted by molar-refractivity contribution is 5.99. The Morgan fingerprint density at radius 1 is 1.38 bits per heavy atom. The number of anilines is 1. The van der Waals surface area contributed by atoms with Crippen molar-refractivity contribution < 1.29 is 9.53 Å². The van der Waals surface area contributed by atoms with E-state index in [0.29, 0.717) is 36.5 Å². The zero-order chi connectivity index (χ0) is 15.2. The summed E-state index contributed by atoms with van der Waals surface area (Å²) >= 11 is 0. The van der Waals surface area contributed by atoms with Crippen LogP contribution in [0.5, 0.6) is 5.75 Å². The Hall–Kier alpha value is -2.26. The molecule has 1 aromatic carbocycles. The molecule has 6 heteroatoms. The van der Waals surface area contributed by atoms with Gasteiger partial charge in [-0.05, 0) is 18.2 Å². The van der Waals surface area contributed by atoms with Crippen molar-refractivity contribution in [2.75, 3.05) is 45.6 Å². The largest absolute Gasteiger partial charge is 0.497 e. The van der Waals surface area contributed by atoms with E-state index in [1.165, 1.54) is 0 Å². The SMILES string of the molecule is COc1ccc(N)c(C(=O)N2CCN(CCC#N)CC2)c1. The summed E-state index contributed by atoms with van der Waals surface area (Å²) < 4.78 is 5.14. The van der Waals surface area contributed by atoms with Gasteiger partial charge in [0, 0.05) is 44.8 Å². The fourth-order valence-corrected chi connectivity index (χ4v) is 2.40. The summed E-state index contributed by atoms with van der Waals surface area (Å²) in [5.41, 5.74) is 6.85. The third kappa shape index (κ3) is 3.64. The molecule has 0 aromatic heterocycles. The van der Waals surface area contributed by atoms with Crippen molar-refractivity contribution in [1.29, 1.82) is 5.26 Å². The molecule has 1 aliphatic rings. The zero-order valence-corrected chi connectivity index (χ0v) is 12.2. The standard InChI is InChI=1S/C15H20N4O2/c1-21-12-3-4-14(17)13(11-12)15(20)19-9-7-18(8-10-19)6-2-5-16/h3-4,11H,2,6-10,17H2,1H3. The number of nitrogen functional groups attached to an aromatic ring is 1. The van der Waals surface area contributed by atoms with E-state index >= 15 is 0 Å². The molecule has 21 heavy (non-hydrogen) atoms. The fraction of sp³-hybridized carbons (Fsp3) is 0.467. The minimum Gasteiger partial charge on any atom is -0.497 e. The molecule has 0 saturated carbocycles. The molecule has 0 spiro atoms. The Balaban J connectivity index is 2.00. The fourth-order valence-electron chi connectivity index (χ4n) is 2.40. The monoisotopic (exact) mass is 288 g/mol. The van der Waals surface area contributed by atoms with E-state index in [9.17, 15) is 4.79 Å². The number of nitrogens with two attached hydrogens (primary N) is 1. The van der Waals surface area contributed by atoms with E-state index in [-0.39, 0.29) is 5.91 Å². The molecule has 0 aliphatic carbocycles. The lowest BCUT2D eigenvalue weighted by atomic mass is 10.1. The van der Waals surface area contributed by atoms with Gasteiger partial charge in [0.1, 0.15) is 5.75 Å². The third-order valence-corrected chi connectivity index (χ3v) is 3.69. The van der Waals surface area contributed by atoms with Gasteiger partial charge < -0.3 is 15.4 Å². The predicted octanol–water partition coefficient (Wildman–Crippen LogP) is 0.949. The smallest absolute Gasteiger partial charge is 0.256 e. The summed E-state index contributed by atoms with van der Waals surface area (Å²) in [5, 5.41) is 8.60. The van der Waals surface area contributed by atoms with Gasteiger partial charge in [-0.25, -0.2) is 0 Å². The zero-order valence-electron chi connectivity index (χ0n) is 12.2. The molecule has 1 saturated heterocycles. The van der Waals surface area contributed by atoms with Crippen molar-refractivity contribution in [2.24, 2.45) is 0 Å². The number of amides is 1. The molecule has 2 rings (SSSR count). The molecule has 1 aromatic rings. The molecule has 0 atom stereocenters. The quantitative estimate of drug-likeness (QED) is 0.834. The summed E-state index contributed by atoms with van der Waals surface area (Å²) in [5.74, 6) is 0.562. The van der Waals surface area contributed by atoms with E-state index in [1.54, 1.807) is 30.2 Å². The van der Waals surface area contributed by atoms with E-state index in [4.69, 9.17) is 15.7 Å². The van der Waals surface area contributed by atoms with Crippen LogP contribution < -0.4 is 10.5 Å². The third-order valence-electron chi connectivity index (χ3n) is 3.69. The number of benzene rings is 1. The van der Waals surface area contributed by atoms with Crippen LogP contribution in [0, 0.1) is 11.3 Å². The summed E-state index contributed by atoms with van der Waals surface area (Å²) in [6, 6.07) is 7.25. The van der Waals surface area contributed by atoms with E-state index in [1.807, 2.05) is 0 Å². The number of hydrogen-bond acceptors (Lipinski definition) is 5. The van der Waals surface area contributed by atoms with Gasteiger partial charge in [0.05, 0.1) is 18.7 Å². The van der Waals surface area contributed by atoms with Crippen molar-refractivity contribution in [3.63, 3.8) is 0 Å². The second kappa shape index (κ2) is 6.95. The molecule has 6 nitrogen and oxygen atoms in total. The molecule has 112 valence electrons. The molecular weight excluding hydrogens is 268 g/mol. The van der Waals surface area contributed by atoms with Crippen LogP contribution in [0.2, 0.25) is 0 Å². The molecule has 0 unspecified atom stereocenters. The highest BCUT2D eigenvalue weighted by Gasteiger charge is 2.23. The minimum atomic E-state index is -0.0636. The Kier molecular flexibility index (Phi) is 5.01. The Bertz CT molecular complexity index is 545. The first-order valence-electron chi connectivity index (χ1n) is 6.98. The average molecular weight is 288 g/mol. The number of rotatable bonds is 4. The van der Waals surface area contributed by atoms with Crippen LogP contribution in [0.25, 0.3) is 0 Å². The van der Waals surface area contributed by atoms with Crippen molar-refractivity contribution in [1.82, 2.24) is 9.80 Å². The molecule has 0 bridgehead atoms. The first kappa shape index (κ1) is 15.1. The van der Waals surface area contributed by atoms with Crippen LogP contribution in [0.15, 0.2) is 18.2 Å². The van der Waals surface area contributed by atoms with Crippen molar-refractivity contribution in [2.45, 2.75) is 6.42 Å². The summed E-state index contributed by atoms with van der Waals surface area (Å²) in [4.78, 5) is 16.5. The number of nitriles is 1. The van der Waals surface area contributed by atoms with Gasteiger partial charge >= 0.3 is 0 Å². The van der Waals surface area contributed by atoms with Crippen LogP contribution in [0.4, 0.5) is 5.69 Å². The van der Waals surface area contributed by atoms with Crippen molar-refractivity contribution >= 4 is 11.6 Å². The summed E-state index contributed by atoms with van der Waals surface area (Å²) in [6.07, 6.45) is 0.525. The van der Waals surface area contributed by atoms with Gasteiger partial charge in [-0.2, -0.15) is 5.26 Å². The van der Waals surface area contributed by atoms with Crippen LogP contribution in [-0.4, -0.2) is 55.5 Å². The predicted molar refractivity (Wildman–Crippen MR) is 80.0 cm³/mol. The highest BCUT2D eigenvalue weighted by atomic mass is 16.5. The highest BCUT2D eigenvalue weighted by Crippen LogP contribution is 2.21. The lowest BCUT2D eigenvalue weighted by molar-refractivity contribution is 0.0640. The molecule has 2 N–H and O–H groups in total. The second-order valence-electron chi connectivity index (χ2n) is 5.00. The number of nitrogens with zero attached hydrogens (tertiary/aromatic N) is 3. The number of piperazine rings is 1. The number of carbonyl (C=O) groups excluding carboxylic acids is 1. The van der Waals surface area contributed by atoms with E-state index in [0.717, 1.165) is 19.6 Å². The second-order valence-corrected chi connectivity index (χ2v) is 5.00. The van der Waals surface area contributed by atoms with Gasteiger partial charge in [0.15, 0.2) is 0 Å². The van der Waals surface area contributed by atoms with Crippen LogP contribution in [0.1, 0.15) is 16.8 Å². The molecular formula is C15H20N4O2. The lowest BCUT2D eigenvalue weighted by Gasteiger charge is -2.34. The molecule has 1 fully saturated rings. The molecule has 1 aliphatic heterocycles. The Morgan fingerprint density at radius 2 is 2.10 bits per heavy atom. The lowest BCUT2D eigenvalue weighted by Crippen LogP contribution is -2.48. The van der Waals surface area contributed by atoms with Gasteiger partial charge in [-0.1, -0.05) is 0 Å². The molecule has 1 heterocycles. The number of methoxy groups -OCH3 is 1. The summed E-state index contributed by atoms with van der Waals surface area (Å²) in [7, 11) is 1.56. The number of hydrogen-bond donors (Lipinski definition) is 1. The first-order valence-corrected chi connectivity index (χ1v) is 6.98. The van der Waals surface area contributed by atoms with E-state index < -0.39 is 0 Å².